The smallest absolute Gasteiger partial charge is 0.238 e. The Morgan fingerprint density at radius 1 is 1.10 bits per heavy atom. The van der Waals surface area contributed by atoms with Crippen LogP contribution >= 0.6 is 34.4 Å². The first-order valence-corrected chi connectivity index (χ1v) is 13.3. The van der Waals surface area contributed by atoms with Crippen LogP contribution in [0.25, 0.3) is 21.1 Å². The van der Waals surface area contributed by atoms with E-state index in [1.165, 1.54) is 36.0 Å². The monoisotopic (exact) mass is 490 g/mol. The lowest BCUT2D eigenvalue weighted by atomic mass is 10.2. The summed E-state index contributed by atoms with van der Waals surface area (Å²) >= 11 is 4.56. The first-order chi connectivity index (χ1) is 14.8. The fraction of sp³-hybridized carbons (Fsp3) is 0.100. The maximum absolute atomic E-state index is 12.6. The van der Waals surface area contributed by atoms with Crippen LogP contribution in [-0.2, 0) is 14.8 Å². The van der Waals surface area contributed by atoms with E-state index in [0.717, 1.165) is 21.1 Å². The van der Waals surface area contributed by atoms with E-state index < -0.39 is 15.3 Å². The standard InChI is InChI=1S/C20H18N4O3S4/c1-12(19(25)22-13-6-8-14(9-7-13)31(21,26)27)30-20-23-17(15-4-2-10-28-15)18(24-20)16-5-3-11-29-16/h2-12H,1H3,(H,22,25)(H,23,24)(H2,21,26,27)/t12-/m0/s1. The number of thioether (sulfide) groups is 1. The first-order valence-electron chi connectivity index (χ1n) is 9.09. The Morgan fingerprint density at radius 2 is 1.74 bits per heavy atom. The number of sulfonamides is 1. The summed E-state index contributed by atoms with van der Waals surface area (Å²) in [4.78, 5) is 22.9. The van der Waals surface area contributed by atoms with Crippen molar-refractivity contribution in [3.8, 4) is 21.1 Å². The van der Waals surface area contributed by atoms with Gasteiger partial charge >= 0.3 is 0 Å². The molecule has 1 atom stereocenters. The van der Waals surface area contributed by atoms with Crippen LogP contribution < -0.4 is 10.5 Å². The molecule has 31 heavy (non-hydrogen) atoms. The number of amides is 1. The minimum absolute atomic E-state index is 0.00859. The van der Waals surface area contributed by atoms with Gasteiger partial charge in [0.15, 0.2) is 5.16 Å². The molecule has 11 heteroatoms. The van der Waals surface area contributed by atoms with E-state index >= 15 is 0 Å². The highest BCUT2D eigenvalue weighted by atomic mass is 32.2. The van der Waals surface area contributed by atoms with Crippen LogP contribution in [0.2, 0.25) is 0 Å². The SMILES string of the molecule is C[C@H](Sc1nc(-c2cccs2)c(-c2cccs2)[nH]1)C(=O)Nc1ccc(S(N)(=O)=O)cc1. The van der Waals surface area contributed by atoms with Crippen molar-refractivity contribution in [1.29, 1.82) is 0 Å². The molecular formula is C20H18N4O3S4. The second kappa shape index (κ2) is 8.97. The third-order valence-corrected chi connectivity index (χ3v) is 7.99. The molecule has 3 aromatic heterocycles. The molecule has 1 amide bonds. The minimum atomic E-state index is -3.77. The van der Waals surface area contributed by atoms with Crippen LogP contribution in [0.4, 0.5) is 5.69 Å². The number of nitrogens with one attached hydrogen (secondary N) is 2. The molecular weight excluding hydrogens is 473 g/mol. The van der Waals surface area contributed by atoms with E-state index in [2.05, 4.69) is 10.3 Å². The van der Waals surface area contributed by atoms with E-state index in [-0.39, 0.29) is 10.8 Å². The second-order valence-corrected chi connectivity index (χ2v) is 11.3. The number of hydrogen-bond acceptors (Lipinski definition) is 7. The number of imidazole rings is 1. The molecule has 0 radical (unpaired) electrons. The van der Waals surface area contributed by atoms with Crippen molar-refractivity contribution in [1.82, 2.24) is 9.97 Å². The van der Waals surface area contributed by atoms with Gasteiger partial charge in [-0.25, -0.2) is 18.5 Å². The topological polar surface area (TPSA) is 118 Å². The van der Waals surface area contributed by atoms with Gasteiger partial charge in [0.2, 0.25) is 15.9 Å². The molecule has 0 saturated heterocycles. The molecule has 4 aromatic rings. The number of primary sulfonamides is 1. The van der Waals surface area contributed by atoms with Crippen LogP contribution in [-0.4, -0.2) is 29.5 Å². The van der Waals surface area contributed by atoms with E-state index in [1.54, 1.807) is 29.6 Å². The van der Waals surface area contributed by atoms with Crippen LogP contribution in [0.5, 0.6) is 0 Å². The zero-order valence-corrected chi connectivity index (χ0v) is 19.5. The maximum atomic E-state index is 12.6. The molecule has 0 aliphatic carbocycles. The summed E-state index contributed by atoms with van der Waals surface area (Å²) in [7, 11) is -3.77. The second-order valence-electron chi connectivity index (χ2n) is 6.54. The van der Waals surface area contributed by atoms with Gasteiger partial charge in [-0.05, 0) is 54.1 Å². The molecule has 1 aromatic carbocycles. The van der Waals surface area contributed by atoms with Gasteiger partial charge in [0, 0.05) is 5.69 Å². The van der Waals surface area contributed by atoms with Gasteiger partial charge in [0.1, 0.15) is 5.69 Å². The number of carbonyl (C=O) groups is 1. The number of rotatable bonds is 7. The molecule has 0 unspecified atom stereocenters. The number of benzene rings is 1. The quantitative estimate of drug-likeness (QED) is 0.326. The number of hydrogen-bond donors (Lipinski definition) is 3. The van der Waals surface area contributed by atoms with Crippen LogP contribution in [0, 0.1) is 0 Å². The Morgan fingerprint density at radius 3 is 2.32 bits per heavy atom. The minimum Gasteiger partial charge on any atom is -0.332 e. The predicted octanol–water partition coefficient (Wildman–Crippen LogP) is 4.63. The van der Waals surface area contributed by atoms with Gasteiger partial charge in [0.25, 0.3) is 0 Å². The zero-order valence-electron chi connectivity index (χ0n) is 16.2. The van der Waals surface area contributed by atoms with Crippen molar-refractivity contribution in [2.24, 2.45) is 5.14 Å². The highest BCUT2D eigenvalue weighted by molar-refractivity contribution is 8.00. The third-order valence-electron chi connectivity index (χ3n) is 4.31. The van der Waals surface area contributed by atoms with E-state index in [0.29, 0.717) is 10.8 Å². The summed E-state index contributed by atoms with van der Waals surface area (Å²) in [5.74, 6) is -0.222. The number of nitrogens with zero attached hydrogens (tertiary/aromatic N) is 1. The number of thiophene rings is 2. The van der Waals surface area contributed by atoms with Crippen molar-refractivity contribution in [2.45, 2.75) is 22.2 Å². The largest absolute Gasteiger partial charge is 0.332 e. The number of aromatic nitrogens is 2. The summed E-state index contributed by atoms with van der Waals surface area (Å²) in [6, 6.07) is 13.8. The van der Waals surface area contributed by atoms with Gasteiger partial charge in [-0.1, -0.05) is 23.9 Å². The molecule has 3 heterocycles. The molecule has 0 aliphatic rings. The van der Waals surface area contributed by atoms with Crippen LogP contribution in [0.1, 0.15) is 6.92 Å². The van der Waals surface area contributed by atoms with E-state index in [9.17, 15) is 13.2 Å². The Hall–Kier alpha value is -2.44. The van der Waals surface area contributed by atoms with Gasteiger partial charge in [-0.15, -0.1) is 22.7 Å². The lowest BCUT2D eigenvalue weighted by Gasteiger charge is -2.11. The lowest BCUT2D eigenvalue weighted by molar-refractivity contribution is -0.115. The molecule has 0 saturated carbocycles. The van der Waals surface area contributed by atoms with Crippen molar-refractivity contribution < 1.29 is 13.2 Å². The average Bonchev–Trinajstić information content (AvgIpc) is 3.48. The summed E-state index contributed by atoms with van der Waals surface area (Å²) in [5.41, 5.74) is 2.29. The Bertz CT molecular complexity index is 1230. The number of nitrogens with two attached hydrogens (primary N) is 1. The third kappa shape index (κ3) is 5.08. The fourth-order valence-corrected chi connectivity index (χ4v) is 5.56. The molecule has 4 N–H and O–H groups in total. The Labute approximate surface area is 191 Å². The van der Waals surface area contributed by atoms with Crippen molar-refractivity contribution in [3.63, 3.8) is 0 Å². The van der Waals surface area contributed by atoms with Crippen molar-refractivity contribution >= 4 is 56.1 Å². The van der Waals surface area contributed by atoms with E-state index in [1.807, 2.05) is 35.0 Å². The first kappa shape index (κ1) is 21.8. The molecule has 160 valence electrons. The maximum Gasteiger partial charge on any atom is 0.238 e. The number of H-pyrrole nitrogens is 1. The predicted molar refractivity (Wildman–Crippen MR) is 127 cm³/mol. The fourth-order valence-electron chi connectivity index (χ4n) is 2.79. The van der Waals surface area contributed by atoms with Crippen LogP contribution in [0.3, 0.4) is 0 Å². The summed E-state index contributed by atoms with van der Waals surface area (Å²) in [5, 5.41) is 12.1. The average molecular weight is 491 g/mol. The lowest BCUT2D eigenvalue weighted by Crippen LogP contribution is -2.22. The normalized spacial score (nSPS) is 12.6. The summed E-state index contributed by atoms with van der Waals surface area (Å²) in [6.45, 7) is 1.79. The molecule has 0 fully saturated rings. The Balaban J connectivity index is 1.50. The molecule has 0 aliphatic heterocycles. The summed E-state index contributed by atoms with van der Waals surface area (Å²) in [6.07, 6.45) is 0. The molecule has 4 rings (SSSR count). The molecule has 7 nitrogen and oxygen atoms in total. The summed E-state index contributed by atoms with van der Waals surface area (Å²) < 4.78 is 22.7. The van der Waals surface area contributed by atoms with Crippen molar-refractivity contribution in [3.05, 3.63) is 59.3 Å². The zero-order chi connectivity index (χ0) is 22.0. The number of anilines is 1. The molecule has 0 spiro atoms. The van der Waals surface area contributed by atoms with E-state index in [4.69, 9.17) is 10.1 Å². The van der Waals surface area contributed by atoms with Gasteiger partial charge in [-0.2, -0.15) is 0 Å². The number of aromatic amines is 1. The Kier molecular flexibility index (Phi) is 6.30. The number of carbonyl (C=O) groups excluding carboxylic acids is 1. The van der Waals surface area contributed by atoms with Gasteiger partial charge in [-0.3, -0.25) is 4.79 Å². The highest BCUT2D eigenvalue weighted by Gasteiger charge is 2.21. The van der Waals surface area contributed by atoms with Gasteiger partial charge < -0.3 is 10.3 Å². The van der Waals surface area contributed by atoms with Crippen LogP contribution in [0.15, 0.2) is 69.3 Å². The molecule has 0 bridgehead atoms. The van der Waals surface area contributed by atoms with Crippen molar-refractivity contribution in [2.75, 3.05) is 5.32 Å². The highest BCUT2D eigenvalue weighted by Crippen LogP contribution is 2.37. The van der Waals surface area contributed by atoms with Gasteiger partial charge in [0.05, 0.1) is 25.6 Å².